The van der Waals surface area contributed by atoms with Crippen molar-refractivity contribution in [2.45, 2.75) is 31.0 Å². The van der Waals surface area contributed by atoms with E-state index in [9.17, 15) is 9.59 Å². The number of fused-ring (bicyclic) bond motifs is 1. The third-order valence-corrected chi connectivity index (χ3v) is 6.90. The SMILES string of the molecule is O=C(CSc1nc2ccccc2c(=O)n1CCCN1CCOCC1)NCCCc1ccccc1. The van der Waals surface area contributed by atoms with Crippen LogP contribution in [0.4, 0.5) is 0 Å². The summed E-state index contributed by atoms with van der Waals surface area (Å²) in [6.45, 7) is 5.50. The van der Waals surface area contributed by atoms with Gasteiger partial charge < -0.3 is 10.1 Å². The van der Waals surface area contributed by atoms with Gasteiger partial charge in [-0.05, 0) is 37.0 Å². The monoisotopic (exact) mass is 480 g/mol. The molecule has 1 aromatic heterocycles. The third kappa shape index (κ3) is 6.91. The minimum absolute atomic E-state index is 0.0414. The molecule has 1 fully saturated rings. The van der Waals surface area contributed by atoms with E-state index in [1.54, 1.807) is 4.57 Å². The molecule has 1 aliphatic heterocycles. The Morgan fingerprint density at radius 3 is 2.59 bits per heavy atom. The summed E-state index contributed by atoms with van der Waals surface area (Å²) in [5, 5.41) is 4.20. The topological polar surface area (TPSA) is 76.5 Å². The summed E-state index contributed by atoms with van der Waals surface area (Å²) in [5.74, 6) is 0.194. The van der Waals surface area contributed by atoms with E-state index < -0.39 is 0 Å². The fraction of sp³-hybridized carbons (Fsp3) is 0.423. The number of ether oxygens (including phenoxy) is 1. The van der Waals surface area contributed by atoms with Crippen LogP contribution in [0.15, 0.2) is 64.5 Å². The van der Waals surface area contributed by atoms with Crippen molar-refractivity contribution in [3.63, 3.8) is 0 Å². The molecule has 3 aromatic rings. The van der Waals surface area contributed by atoms with Gasteiger partial charge in [-0.3, -0.25) is 19.1 Å². The summed E-state index contributed by atoms with van der Waals surface area (Å²) in [6.07, 6.45) is 2.67. The molecule has 0 atom stereocenters. The fourth-order valence-electron chi connectivity index (χ4n) is 4.08. The van der Waals surface area contributed by atoms with Crippen LogP contribution in [0.25, 0.3) is 10.9 Å². The summed E-state index contributed by atoms with van der Waals surface area (Å²) >= 11 is 1.33. The quantitative estimate of drug-likeness (QED) is 0.258. The first kappa shape index (κ1) is 24.4. The van der Waals surface area contributed by atoms with E-state index in [2.05, 4.69) is 22.3 Å². The molecule has 2 heterocycles. The molecule has 1 N–H and O–H groups in total. The lowest BCUT2D eigenvalue weighted by Crippen LogP contribution is -2.37. The van der Waals surface area contributed by atoms with E-state index in [0.717, 1.165) is 52.1 Å². The van der Waals surface area contributed by atoms with Gasteiger partial charge in [0.2, 0.25) is 5.91 Å². The summed E-state index contributed by atoms with van der Waals surface area (Å²) in [7, 11) is 0. The Balaban J connectivity index is 1.34. The molecule has 7 nitrogen and oxygen atoms in total. The van der Waals surface area contributed by atoms with Gasteiger partial charge in [0.05, 0.1) is 29.9 Å². The predicted molar refractivity (Wildman–Crippen MR) is 136 cm³/mol. The molecule has 0 aliphatic carbocycles. The van der Waals surface area contributed by atoms with Crippen molar-refractivity contribution in [1.29, 1.82) is 0 Å². The van der Waals surface area contributed by atoms with Crippen LogP contribution in [0.1, 0.15) is 18.4 Å². The fourth-order valence-corrected chi connectivity index (χ4v) is 4.93. The molecule has 0 bridgehead atoms. The van der Waals surface area contributed by atoms with E-state index in [-0.39, 0.29) is 17.2 Å². The zero-order valence-electron chi connectivity index (χ0n) is 19.4. The third-order valence-electron chi connectivity index (χ3n) is 5.93. The van der Waals surface area contributed by atoms with Crippen molar-refractivity contribution in [1.82, 2.24) is 19.8 Å². The minimum Gasteiger partial charge on any atom is -0.379 e. The van der Waals surface area contributed by atoms with Crippen molar-refractivity contribution < 1.29 is 9.53 Å². The molecule has 34 heavy (non-hydrogen) atoms. The van der Waals surface area contributed by atoms with Gasteiger partial charge in [0.1, 0.15) is 0 Å². The first-order chi connectivity index (χ1) is 16.7. The van der Waals surface area contributed by atoms with E-state index in [1.807, 2.05) is 42.5 Å². The maximum absolute atomic E-state index is 13.2. The van der Waals surface area contributed by atoms with Gasteiger partial charge in [-0.25, -0.2) is 4.98 Å². The van der Waals surface area contributed by atoms with Gasteiger partial charge >= 0.3 is 0 Å². The molecule has 2 aromatic carbocycles. The van der Waals surface area contributed by atoms with Gasteiger partial charge in [-0.2, -0.15) is 0 Å². The van der Waals surface area contributed by atoms with Crippen LogP contribution in [0.3, 0.4) is 0 Å². The maximum atomic E-state index is 13.2. The second-order valence-electron chi connectivity index (χ2n) is 8.40. The molecule has 0 radical (unpaired) electrons. The summed E-state index contributed by atoms with van der Waals surface area (Å²) < 4.78 is 7.15. The average molecular weight is 481 g/mol. The van der Waals surface area contributed by atoms with Crippen molar-refractivity contribution in [2.75, 3.05) is 45.1 Å². The van der Waals surface area contributed by atoms with Gasteiger partial charge in [-0.1, -0.05) is 54.2 Å². The predicted octanol–water partition coefficient (Wildman–Crippen LogP) is 2.96. The van der Waals surface area contributed by atoms with E-state index in [4.69, 9.17) is 9.72 Å². The highest BCUT2D eigenvalue weighted by Crippen LogP contribution is 2.18. The van der Waals surface area contributed by atoms with Crippen LogP contribution < -0.4 is 10.9 Å². The number of aryl methyl sites for hydroxylation is 1. The Morgan fingerprint density at radius 2 is 1.76 bits per heavy atom. The van der Waals surface area contributed by atoms with Crippen LogP contribution in [-0.4, -0.2) is 65.5 Å². The number of nitrogens with one attached hydrogen (secondary N) is 1. The number of morpholine rings is 1. The van der Waals surface area contributed by atoms with E-state index in [1.165, 1.54) is 17.3 Å². The number of benzene rings is 2. The lowest BCUT2D eigenvalue weighted by Gasteiger charge is -2.26. The van der Waals surface area contributed by atoms with Crippen LogP contribution in [0.2, 0.25) is 0 Å². The zero-order valence-corrected chi connectivity index (χ0v) is 20.3. The number of para-hydroxylation sites is 1. The van der Waals surface area contributed by atoms with E-state index in [0.29, 0.717) is 29.1 Å². The lowest BCUT2D eigenvalue weighted by molar-refractivity contribution is -0.118. The highest BCUT2D eigenvalue weighted by Gasteiger charge is 2.15. The molecular weight excluding hydrogens is 448 g/mol. The Morgan fingerprint density at radius 1 is 1.00 bits per heavy atom. The number of rotatable bonds is 11. The largest absolute Gasteiger partial charge is 0.379 e. The van der Waals surface area contributed by atoms with Crippen molar-refractivity contribution in [3.05, 3.63) is 70.5 Å². The molecular formula is C26H32N4O3S. The Hall–Kier alpha value is -2.68. The van der Waals surface area contributed by atoms with Gasteiger partial charge in [-0.15, -0.1) is 0 Å². The molecule has 180 valence electrons. The Bertz CT molecular complexity index is 1130. The molecule has 1 saturated heterocycles. The first-order valence-electron chi connectivity index (χ1n) is 11.9. The molecule has 1 amide bonds. The second kappa shape index (κ2) is 12.7. The smallest absolute Gasteiger partial charge is 0.262 e. The summed E-state index contributed by atoms with van der Waals surface area (Å²) in [6, 6.07) is 17.7. The first-order valence-corrected chi connectivity index (χ1v) is 12.9. The number of nitrogens with zero attached hydrogens (tertiary/aromatic N) is 3. The molecule has 0 unspecified atom stereocenters. The van der Waals surface area contributed by atoms with Crippen LogP contribution in [0, 0.1) is 0 Å². The molecule has 1 aliphatic rings. The van der Waals surface area contributed by atoms with Crippen molar-refractivity contribution in [2.24, 2.45) is 0 Å². The minimum atomic E-state index is -0.0432. The van der Waals surface area contributed by atoms with Crippen LogP contribution in [0.5, 0.6) is 0 Å². The van der Waals surface area contributed by atoms with Crippen LogP contribution in [-0.2, 0) is 22.5 Å². The number of hydrogen-bond donors (Lipinski definition) is 1. The summed E-state index contributed by atoms with van der Waals surface area (Å²) in [4.78, 5) is 32.7. The number of aromatic nitrogens is 2. The number of carbonyl (C=O) groups excluding carboxylic acids is 1. The Labute approximate surface area is 204 Å². The highest BCUT2D eigenvalue weighted by molar-refractivity contribution is 7.99. The van der Waals surface area contributed by atoms with Gasteiger partial charge in [0.15, 0.2) is 5.16 Å². The second-order valence-corrected chi connectivity index (χ2v) is 9.35. The van der Waals surface area contributed by atoms with Gasteiger partial charge in [0, 0.05) is 32.7 Å². The molecule has 8 heteroatoms. The van der Waals surface area contributed by atoms with Gasteiger partial charge in [0.25, 0.3) is 5.56 Å². The number of thioether (sulfide) groups is 1. The van der Waals surface area contributed by atoms with Crippen LogP contribution >= 0.6 is 11.8 Å². The number of amides is 1. The lowest BCUT2D eigenvalue weighted by atomic mass is 10.1. The zero-order chi connectivity index (χ0) is 23.6. The molecule has 0 saturated carbocycles. The Kier molecular flexibility index (Phi) is 9.12. The van der Waals surface area contributed by atoms with Crippen molar-refractivity contribution >= 4 is 28.6 Å². The highest BCUT2D eigenvalue weighted by atomic mass is 32.2. The van der Waals surface area contributed by atoms with E-state index >= 15 is 0 Å². The molecule has 0 spiro atoms. The standard InChI is InChI=1S/C26H32N4O3S/c31-24(27-13-6-10-21-8-2-1-3-9-21)20-34-26-28-23-12-5-4-11-22(23)25(32)30(26)15-7-14-29-16-18-33-19-17-29/h1-5,8-9,11-12H,6-7,10,13-20H2,(H,27,31). The maximum Gasteiger partial charge on any atom is 0.262 e. The number of hydrogen-bond acceptors (Lipinski definition) is 6. The average Bonchev–Trinajstić information content (AvgIpc) is 2.88. The summed E-state index contributed by atoms with van der Waals surface area (Å²) in [5.41, 5.74) is 1.90. The number of carbonyl (C=O) groups is 1. The normalized spacial score (nSPS) is 14.4. The molecule has 4 rings (SSSR count). The van der Waals surface area contributed by atoms with Crippen molar-refractivity contribution in [3.8, 4) is 0 Å².